The van der Waals surface area contributed by atoms with E-state index in [4.69, 9.17) is 9.88 Å². The lowest BCUT2D eigenvalue weighted by Crippen LogP contribution is -2.65. The Bertz CT molecular complexity index is 782. The van der Waals surface area contributed by atoms with Gasteiger partial charge in [0.1, 0.15) is 0 Å². The minimum atomic E-state index is -3.72. The smallest absolute Gasteiger partial charge is 0.238 e. The van der Waals surface area contributed by atoms with Crippen molar-refractivity contribution in [3.05, 3.63) is 29.8 Å². The largest absolute Gasteiger partial charge is 0.378 e. The van der Waals surface area contributed by atoms with E-state index in [0.717, 1.165) is 43.9 Å². The molecule has 0 spiro atoms. The molecule has 0 heterocycles. The van der Waals surface area contributed by atoms with Crippen LogP contribution in [0.3, 0.4) is 0 Å². The summed E-state index contributed by atoms with van der Waals surface area (Å²) in [5.74, 6) is 0.731. The summed E-state index contributed by atoms with van der Waals surface area (Å²) < 4.78 is 29.0. The van der Waals surface area contributed by atoms with Crippen molar-refractivity contribution in [3.8, 4) is 0 Å². The molecule has 0 saturated heterocycles. The number of hydrogen-bond donors (Lipinski definition) is 3. The molecule has 29 heavy (non-hydrogen) atoms. The molecule has 1 aromatic carbocycles. The Balaban J connectivity index is 0.00000420. The molecule has 1 aromatic rings. The fourth-order valence-corrected chi connectivity index (χ4v) is 4.64. The summed E-state index contributed by atoms with van der Waals surface area (Å²) in [5.41, 5.74) is 0.904. The van der Waals surface area contributed by atoms with E-state index in [9.17, 15) is 8.42 Å². The predicted molar refractivity (Wildman–Crippen MR) is 128 cm³/mol. The van der Waals surface area contributed by atoms with E-state index in [2.05, 4.69) is 29.5 Å². The molecule has 2 rings (SSSR count). The Morgan fingerprint density at radius 2 is 1.97 bits per heavy atom. The van der Waals surface area contributed by atoms with Crippen molar-refractivity contribution in [2.45, 2.75) is 70.5 Å². The van der Waals surface area contributed by atoms with E-state index in [-0.39, 0.29) is 40.4 Å². The van der Waals surface area contributed by atoms with E-state index < -0.39 is 10.0 Å². The molecular formula is C20H35IN4O3S. The first-order chi connectivity index (χ1) is 13.3. The second kappa shape index (κ2) is 11.5. The van der Waals surface area contributed by atoms with Gasteiger partial charge in [-0.15, -0.1) is 24.0 Å². The second-order valence-corrected chi connectivity index (χ2v) is 8.77. The van der Waals surface area contributed by atoms with Crippen LogP contribution in [0.2, 0.25) is 0 Å². The summed E-state index contributed by atoms with van der Waals surface area (Å²) >= 11 is 0. The number of nitrogens with zero attached hydrogens (tertiary/aromatic N) is 1. The standard InChI is InChI=1S/C20H34N4O3S.HI/c1-5-20(6-2)17(13-18(20)27-8-4)24-19(22-7-3)23-14-15-10-9-11-16(12-15)28(21,25)26;/h9-12,17-18H,5-8,13-14H2,1-4H3,(H2,21,25,26)(H2,22,23,24);1H. The second-order valence-electron chi connectivity index (χ2n) is 7.20. The minimum absolute atomic E-state index is 0. The van der Waals surface area contributed by atoms with E-state index in [0.29, 0.717) is 12.6 Å². The third-order valence-corrected chi connectivity index (χ3v) is 6.68. The highest BCUT2D eigenvalue weighted by Crippen LogP contribution is 2.48. The van der Waals surface area contributed by atoms with Crippen molar-refractivity contribution in [2.75, 3.05) is 13.2 Å². The summed E-state index contributed by atoms with van der Waals surface area (Å²) in [6.07, 6.45) is 3.32. The lowest BCUT2D eigenvalue weighted by atomic mass is 9.58. The fraction of sp³-hybridized carbons (Fsp3) is 0.650. The Kier molecular flexibility index (Phi) is 10.3. The average Bonchev–Trinajstić information content (AvgIpc) is 2.66. The van der Waals surface area contributed by atoms with E-state index >= 15 is 0 Å². The fourth-order valence-electron chi connectivity index (χ4n) is 4.06. The predicted octanol–water partition coefficient (Wildman–Crippen LogP) is 2.99. The number of sulfonamides is 1. The molecule has 166 valence electrons. The van der Waals surface area contributed by atoms with Crippen LogP contribution in [0.4, 0.5) is 0 Å². The van der Waals surface area contributed by atoms with Crippen molar-refractivity contribution in [1.82, 2.24) is 10.6 Å². The number of hydrogen-bond acceptors (Lipinski definition) is 4. The van der Waals surface area contributed by atoms with Gasteiger partial charge in [0.05, 0.1) is 17.5 Å². The summed E-state index contributed by atoms with van der Waals surface area (Å²) in [4.78, 5) is 4.76. The number of nitrogens with one attached hydrogen (secondary N) is 2. The maximum absolute atomic E-state index is 11.5. The zero-order valence-corrected chi connectivity index (χ0v) is 20.9. The van der Waals surface area contributed by atoms with E-state index in [1.807, 2.05) is 19.9 Å². The highest BCUT2D eigenvalue weighted by Gasteiger charge is 2.53. The molecule has 1 aliphatic rings. The minimum Gasteiger partial charge on any atom is -0.378 e. The molecule has 9 heteroatoms. The molecule has 2 atom stereocenters. The number of rotatable bonds is 9. The number of nitrogens with two attached hydrogens (primary N) is 1. The first kappa shape index (κ1) is 26.1. The van der Waals surface area contributed by atoms with Crippen molar-refractivity contribution in [1.29, 1.82) is 0 Å². The van der Waals surface area contributed by atoms with Crippen LogP contribution in [0.5, 0.6) is 0 Å². The maximum Gasteiger partial charge on any atom is 0.238 e. The Labute approximate surface area is 192 Å². The van der Waals surface area contributed by atoms with Gasteiger partial charge in [-0.25, -0.2) is 18.5 Å². The van der Waals surface area contributed by atoms with Gasteiger partial charge < -0.3 is 15.4 Å². The first-order valence-corrected chi connectivity index (χ1v) is 11.6. The van der Waals surface area contributed by atoms with Crippen LogP contribution in [0.25, 0.3) is 0 Å². The van der Waals surface area contributed by atoms with Gasteiger partial charge in [0.2, 0.25) is 10.0 Å². The number of halogens is 1. The average molecular weight is 538 g/mol. The highest BCUT2D eigenvalue weighted by atomic mass is 127. The van der Waals surface area contributed by atoms with Crippen LogP contribution < -0.4 is 15.8 Å². The molecule has 7 nitrogen and oxygen atoms in total. The molecule has 0 radical (unpaired) electrons. The monoisotopic (exact) mass is 538 g/mol. The van der Waals surface area contributed by atoms with Crippen LogP contribution in [0, 0.1) is 5.41 Å². The Morgan fingerprint density at radius 1 is 1.28 bits per heavy atom. The molecular weight excluding hydrogens is 503 g/mol. The molecule has 1 aliphatic carbocycles. The zero-order valence-electron chi connectivity index (χ0n) is 17.8. The molecule has 0 aliphatic heterocycles. The van der Waals surface area contributed by atoms with Gasteiger partial charge in [0, 0.05) is 24.6 Å². The molecule has 1 fully saturated rings. The lowest BCUT2D eigenvalue weighted by molar-refractivity contribution is -0.133. The van der Waals surface area contributed by atoms with Gasteiger partial charge in [0.15, 0.2) is 5.96 Å². The Hall–Kier alpha value is -0.910. The van der Waals surface area contributed by atoms with Crippen LogP contribution in [-0.4, -0.2) is 39.7 Å². The first-order valence-electron chi connectivity index (χ1n) is 10.1. The summed E-state index contributed by atoms with van der Waals surface area (Å²) in [5, 5.41) is 12.1. The number of guanidine groups is 1. The topological polar surface area (TPSA) is 106 Å². The number of ether oxygens (including phenoxy) is 1. The van der Waals surface area contributed by atoms with Crippen molar-refractivity contribution in [2.24, 2.45) is 15.5 Å². The van der Waals surface area contributed by atoms with Crippen LogP contribution >= 0.6 is 24.0 Å². The van der Waals surface area contributed by atoms with Crippen LogP contribution in [0.1, 0.15) is 52.5 Å². The van der Waals surface area contributed by atoms with Crippen molar-refractivity contribution in [3.63, 3.8) is 0 Å². The van der Waals surface area contributed by atoms with Gasteiger partial charge in [-0.05, 0) is 50.8 Å². The zero-order chi connectivity index (χ0) is 20.8. The van der Waals surface area contributed by atoms with Gasteiger partial charge in [-0.3, -0.25) is 0 Å². The van der Waals surface area contributed by atoms with E-state index in [1.165, 1.54) is 6.07 Å². The summed E-state index contributed by atoms with van der Waals surface area (Å²) in [6, 6.07) is 6.89. The lowest BCUT2D eigenvalue weighted by Gasteiger charge is -2.55. The molecule has 1 saturated carbocycles. The molecule has 4 N–H and O–H groups in total. The van der Waals surface area contributed by atoms with Gasteiger partial charge >= 0.3 is 0 Å². The van der Waals surface area contributed by atoms with Crippen molar-refractivity contribution >= 4 is 40.0 Å². The number of benzene rings is 1. The summed E-state index contributed by atoms with van der Waals surface area (Å²) in [6.45, 7) is 10.3. The maximum atomic E-state index is 11.5. The number of aliphatic imine (C=N–C) groups is 1. The third-order valence-electron chi connectivity index (χ3n) is 5.77. The highest BCUT2D eigenvalue weighted by molar-refractivity contribution is 14.0. The molecule has 0 bridgehead atoms. The molecule has 0 aromatic heterocycles. The van der Waals surface area contributed by atoms with Gasteiger partial charge in [-0.2, -0.15) is 0 Å². The quantitative estimate of drug-likeness (QED) is 0.255. The van der Waals surface area contributed by atoms with Crippen molar-refractivity contribution < 1.29 is 13.2 Å². The SMILES string of the molecule is CCNC(=NCc1cccc(S(N)(=O)=O)c1)NC1CC(OCC)C1(CC)CC.I. The molecule has 2 unspecified atom stereocenters. The molecule has 0 amide bonds. The normalized spacial score (nSPS) is 21.1. The summed E-state index contributed by atoms with van der Waals surface area (Å²) in [7, 11) is -3.72. The van der Waals surface area contributed by atoms with Gasteiger partial charge in [0.25, 0.3) is 0 Å². The number of primary sulfonamides is 1. The van der Waals surface area contributed by atoms with Crippen LogP contribution in [0.15, 0.2) is 34.2 Å². The third kappa shape index (κ3) is 6.28. The van der Waals surface area contributed by atoms with Gasteiger partial charge in [-0.1, -0.05) is 26.0 Å². The van der Waals surface area contributed by atoms with Crippen LogP contribution in [-0.2, 0) is 21.3 Å². The van der Waals surface area contributed by atoms with E-state index in [1.54, 1.807) is 12.1 Å². The Morgan fingerprint density at radius 3 is 2.52 bits per heavy atom.